The third kappa shape index (κ3) is 4.48. The van der Waals surface area contributed by atoms with Crippen LogP contribution in [0.5, 0.6) is 0 Å². The molecule has 0 saturated heterocycles. The van der Waals surface area contributed by atoms with Crippen molar-refractivity contribution in [2.45, 2.75) is 45.2 Å². The molecule has 1 aromatic heterocycles. The second kappa shape index (κ2) is 7.83. The van der Waals surface area contributed by atoms with Crippen molar-refractivity contribution in [2.24, 2.45) is 5.92 Å². The van der Waals surface area contributed by atoms with Gasteiger partial charge in [0.1, 0.15) is 6.54 Å². The molecular weight excluding hydrogens is 338 g/mol. The molecule has 1 amide bonds. The maximum Gasteiger partial charge on any atom is 0.267 e. The fourth-order valence-electron chi connectivity index (χ4n) is 3.26. The summed E-state index contributed by atoms with van der Waals surface area (Å²) in [5, 5.41) is 8.02. The molecule has 1 heterocycles. The minimum absolute atomic E-state index is 0.0660. The van der Waals surface area contributed by atoms with Crippen molar-refractivity contribution in [3.05, 3.63) is 51.8 Å². The van der Waals surface area contributed by atoms with Crippen molar-refractivity contribution >= 4 is 17.5 Å². The third-order valence-corrected chi connectivity index (χ3v) is 5.01. The average molecular weight is 360 g/mol. The van der Waals surface area contributed by atoms with E-state index in [0.29, 0.717) is 16.6 Å². The number of hydrogen-bond acceptors (Lipinski definition) is 3. The van der Waals surface area contributed by atoms with Crippen LogP contribution in [0, 0.1) is 5.92 Å². The van der Waals surface area contributed by atoms with Gasteiger partial charge in [-0.3, -0.25) is 9.59 Å². The third-order valence-electron chi connectivity index (χ3n) is 4.76. The van der Waals surface area contributed by atoms with Gasteiger partial charge in [-0.2, -0.15) is 5.10 Å². The maximum absolute atomic E-state index is 12.3. The molecular formula is C19H22ClN3O2. The molecule has 1 fully saturated rings. The number of rotatable bonds is 4. The molecule has 3 rings (SSSR count). The van der Waals surface area contributed by atoms with E-state index in [2.05, 4.69) is 17.3 Å². The Morgan fingerprint density at radius 3 is 2.64 bits per heavy atom. The first-order chi connectivity index (χ1) is 12.0. The minimum atomic E-state index is -0.287. The lowest BCUT2D eigenvalue weighted by Crippen LogP contribution is -2.43. The molecule has 5 nitrogen and oxygen atoms in total. The lowest BCUT2D eigenvalue weighted by atomic mass is 9.86. The molecule has 25 heavy (non-hydrogen) atoms. The Balaban J connectivity index is 1.73. The zero-order valence-electron chi connectivity index (χ0n) is 14.2. The first-order valence-electron chi connectivity index (χ1n) is 8.66. The summed E-state index contributed by atoms with van der Waals surface area (Å²) < 4.78 is 1.22. The van der Waals surface area contributed by atoms with E-state index in [1.807, 2.05) is 12.1 Å². The molecule has 2 atom stereocenters. The van der Waals surface area contributed by atoms with E-state index >= 15 is 0 Å². The number of carbonyl (C=O) groups excluding carboxylic acids is 1. The van der Waals surface area contributed by atoms with Crippen LogP contribution in [0.3, 0.4) is 0 Å². The van der Waals surface area contributed by atoms with Crippen molar-refractivity contribution in [2.75, 3.05) is 0 Å². The Morgan fingerprint density at radius 1 is 1.20 bits per heavy atom. The highest BCUT2D eigenvalue weighted by Gasteiger charge is 2.23. The van der Waals surface area contributed by atoms with E-state index in [4.69, 9.17) is 11.6 Å². The molecule has 1 aliphatic rings. The highest BCUT2D eigenvalue weighted by molar-refractivity contribution is 6.30. The van der Waals surface area contributed by atoms with Crippen molar-refractivity contribution < 1.29 is 4.79 Å². The Labute approximate surface area is 152 Å². The van der Waals surface area contributed by atoms with Gasteiger partial charge in [-0.1, -0.05) is 43.5 Å². The summed E-state index contributed by atoms with van der Waals surface area (Å²) in [6.45, 7) is 2.10. The van der Waals surface area contributed by atoms with Gasteiger partial charge in [0.15, 0.2) is 0 Å². The van der Waals surface area contributed by atoms with Gasteiger partial charge in [-0.25, -0.2) is 4.68 Å². The van der Waals surface area contributed by atoms with Crippen LogP contribution in [0.4, 0.5) is 0 Å². The molecule has 0 spiro atoms. The first-order valence-corrected chi connectivity index (χ1v) is 9.04. The van der Waals surface area contributed by atoms with Gasteiger partial charge < -0.3 is 5.32 Å². The number of benzene rings is 1. The van der Waals surface area contributed by atoms with Crippen LogP contribution in [-0.2, 0) is 11.3 Å². The van der Waals surface area contributed by atoms with Crippen LogP contribution in [0.15, 0.2) is 41.2 Å². The molecule has 6 heteroatoms. The van der Waals surface area contributed by atoms with Crippen LogP contribution >= 0.6 is 11.6 Å². The zero-order valence-corrected chi connectivity index (χ0v) is 15.0. The highest BCUT2D eigenvalue weighted by Crippen LogP contribution is 2.23. The number of carbonyl (C=O) groups is 1. The minimum Gasteiger partial charge on any atom is -0.351 e. The highest BCUT2D eigenvalue weighted by atomic mass is 35.5. The number of hydrogen-bond donors (Lipinski definition) is 1. The average Bonchev–Trinajstić information content (AvgIpc) is 2.60. The van der Waals surface area contributed by atoms with E-state index in [9.17, 15) is 9.59 Å². The van der Waals surface area contributed by atoms with Gasteiger partial charge in [0.2, 0.25) is 5.91 Å². The van der Waals surface area contributed by atoms with E-state index in [1.165, 1.54) is 17.2 Å². The SMILES string of the molecule is C[C@H]1CCCC[C@H]1NC(=O)Cn1nc(-c2ccc(Cl)cc2)ccc1=O. The summed E-state index contributed by atoms with van der Waals surface area (Å²) in [6, 6.07) is 10.5. The molecule has 1 N–H and O–H groups in total. The predicted octanol–water partition coefficient (Wildman–Crippen LogP) is 3.26. The van der Waals surface area contributed by atoms with E-state index in [1.54, 1.807) is 18.2 Å². The quantitative estimate of drug-likeness (QED) is 0.911. The van der Waals surface area contributed by atoms with Gasteiger partial charge >= 0.3 is 0 Å². The first kappa shape index (κ1) is 17.7. The van der Waals surface area contributed by atoms with Crippen molar-refractivity contribution in [3.63, 3.8) is 0 Å². The summed E-state index contributed by atoms with van der Waals surface area (Å²) in [7, 11) is 0. The van der Waals surface area contributed by atoms with Crippen molar-refractivity contribution in [3.8, 4) is 11.3 Å². The zero-order chi connectivity index (χ0) is 17.8. The molecule has 1 aromatic carbocycles. The Hall–Kier alpha value is -2.14. The number of aromatic nitrogens is 2. The van der Waals surface area contributed by atoms with Crippen LogP contribution in [0.1, 0.15) is 32.6 Å². The van der Waals surface area contributed by atoms with Crippen LogP contribution in [-0.4, -0.2) is 21.7 Å². The van der Waals surface area contributed by atoms with Crippen LogP contribution < -0.4 is 10.9 Å². The normalized spacial score (nSPS) is 20.2. The number of nitrogens with zero attached hydrogens (tertiary/aromatic N) is 2. The smallest absolute Gasteiger partial charge is 0.267 e. The van der Waals surface area contributed by atoms with Crippen LogP contribution in [0.2, 0.25) is 5.02 Å². The summed E-state index contributed by atoms with van der Waals surface area (Å²) in [5.74, 6) is 0.310. The van der Waals surface area contributed by atoms with E-state index < -0.39 is 0 Å². The van der Waals surface area contributed by atoms with Gasteiger partial charge in [0, 0.05) is 22.7 Å². The topological polar surface area (TPSA) is 64.0 Å². The maximum atomic E-state index is 12.3. The van der Waals surface area contributed by atoms with Crippen molar-refractivity contribution in [1.29, 1.82) is 0 Å². The molecule has 132 valence electrons. The van der Waals surface area contributed by atoms with E-state index in [0.717, 1.165) is 24.8 Å². The monoisotopic (exact) mass is 359 g/mol. The second-order valence-electron chi connectivity index (χ2n) is 6.66. The number of amides is 1. The molecule has 1 aliphatic carbocycles. The lowest BCUT2D eigenvalue weighted by Gasteiger charge is -2.29. The van der Waals surface area contributed by atoms with E-state index in [-0.39, 0.29) is 24.1 Å². The number of halogens is 1. The predicted molar refractivity (Wildman–Crippen MR) is 98.5 cm³/mol. The molecule has 1 saturated carbocycles. The van der Waals surface area contributed by atoms with Gasteiger partial charge in [0.05, 0.1) is 5.69 Å². The molecule has 0 unspecified atom stereocenters. The fraction of sp³-hybridized carbons (Fsp3) is 0.421. The Morgan fingerprint density at radius 2 is 1.92 bits per heavy atom. The molecule has 0 bridgehead atoms. The largest absolute Gasteiger partial charge is 0.351 e. The Bertz CT molecular complexity index is 801. The second-order valence-corrected chi connectivity index (χ2v) is 7.09. The molecule has 0 aliphatic heterocycles. The number of nitrogens with one attached hydrogen (secondary N) is 1. The van der Waals surface area contributed by atoms with Gasteiger partial charge in [-0.05, 0) is 37.0 Å². The van der Waals surface area contributed by atoms with Gasteiger partial charge in [-0.15, -0.1) is 0 Å². The summed E-state index contributed by atoms with van der Waals surface area (Å²) >= 11 is 5.90. The standard InChI is InChI=1S/C19H22ClN3O2/c1-13-4-2-3-5-16(13)21-18(24)12-23-19(25)11-10-17(22-23)14-6-8-15(20)9-7-14/h6-11,13,16H,2-5,12H2,1H3,(H,21,24)/t13-,16+/m0/s1. The van der Waals surface area contributed by atoms with Gasteiger partial charge in [0.25, 0.3) is 5.56 Å². The summed E-state index contributed by atoms with van der Waals surface area (Å²) in [5.41, 5.74) is 1.19. The summed E-state index contributed by atoms with van der Waals surface area (Å²) in [6.07, 6.45) is 4.49. The molecule has 0 radical (unpaired) electrons. The summed E-state index contributed by atoms with van der Waals surface area (Å²) in [4.78, 5) is 24.4. The lowest BCUT2D eigenvalue weighted by molar-refractivity contribution is -0.123. The van der Waals surface area contributed by atoms with Crippen LogP contribution in [0.25, 0.3) is 11.3 Å². The molecule has 2 aromatic rings. The van der Waals surface area contributed by atoms with Crippen molar-refractivity contribution in [1.82, 2.24) is 15.1 Å². The Kier molecular flexibility index (Phi) is 5.53. The fourth-order valence-corrected chi connectivity index (χ4v) is 3.38.